The zero-order valence-electron chi connectivity index (χ0n) is 10.0. The van der Waals surface area contributed by atoms with Crippen molar-refractivity contribution in [2.24, 2.45) is 0 Å². The molecular formula is C10H14N2O7-2. The lowest BCUT2D eigenvalue weighted by Gasteiger charge is -2.21. The molecule has 1 amide bonds. The first-order valence-electron chi connectivity index (χ1n) is 5.48. The average Bonchev–Trinajstić information content (AvgIpc) is 2.30. The molecule has 0 aromatic heterocycles. The van der Waals surface area contributed by atoms with Crippen LogP contribution >= 0.6 is 0 Å². The maximum atomic E-state index is 11.5. The van der Waals surface area contributed by atoms with Crippen LogP contribution in [0.2, 0.25) is 0 Å². The van der Waals surface area contributed by atoms with Crippen molar-refractivity contribution >= 4 is 23.8 Å². The molecule has 0 aromatic rings. The van der Waals surface area contributed by atoms with Gasteiger partial charge in [-0.05, 0) is 19.3 Å². The van der Waals surface area contributed by atoms with Gasteiger partial charge in [0.1, 0.15) is 0 Å². The summed E-state index contributed by atoms with van der Waals surface area (Å²) in [5.74, 6) is -5.24. The molecular weight excluding hydrogens is 260 g/mol. The number of hydrogen-bond donors (Lipinski definition) is 2. The molecule has 0 unspecified atom stereocenters. The Morgan fingerprint density at radius 1 is 0.947 bits per heavy atom. The third kappa shape index (κ3) is 7.71. The first-order chi connectivity index (χ1) is 8.73. The number of rotatable bonds is 9. The van der Waals surface area contributed by atoms with Gasteiger partial charge < -0.3 is 40.8 Å². The largest absolute Gasteiger partial charge is 0.550 e. The second kappa shape index (κ2) is 8.03. The highest BCUT2D eigenvalue weighted by molar-refractivity contribution is 5.85. The van der Waals surface area contributed by atoms with E-state index in [9.17, 15) is 34.5 Å². The SMILES string of the molecule is [NH3+][C@H](CCC(=O)[O-])C(=O)N[C@H](CCC(=O)[O-])C(=O)[O-]. The van der Waals surface area contributed by atoms with Crippen LogP contribution in [0, 0.1) is 0 Å². The van der Waals surface area contributed by atoms with E-state index < -0.39 is 48.7 Å². The van der Waals surface area contributed by atoms with E-state index in [1.165, 1.54) is 0 Å². The van der Waals surface area contributed by atoms with Crippen LogP contribution in [0.25, 0.3) is 0 Å². The van der Waals surface area contributed by atoms with Crippen LogP contribution in [0.4, 0.5) is 0 Å². The second-order valence-corrected chi connectivity index (χ2v) is 3.90. The first kappa shape index (κ1) is 16.8. The van der Waals surface area contributed by atoms with Crippen molar-refractivity contribution in [3.8, 4) is 0 Å². The van der Waals surface area contributed by atoms with Crippen LogP contribution in [0.3, 0.4) is 0 Å². The van der Waals surface area contributed by atoms with Gasteiger partial charge in [0.2, 0.25) is 0 Å². The molecule has 0 spiro atoms. The number of quaternary nitrogens is 1. The van der Waals surface area contributed by atoms with Crippen molar-refractivity contribution in [1.82, 2.24) is 5.32 Å². The Kier molecular flexibility index (Phi) is 7.12. The van der Waals surface area contributed by atoms with E-state index in [1.807, 2.05) is 5.32 Å². The summed E-state index contributed by atoms with van der Waals surface area (Å²) in [6.45, 7) is 0. The zero-order chi connectivity index (χ0) is 15.0. The highest BCUT2D eigenvalue weighted by atomic mass is 16.4. The summed E-state index contributed by atoms with van der Waals surface area (Å²) in [4.78, 5) is 42.5. The van der Waals surface area contributed by atoms with E-state index in [0.717, 1.165) is 0 Å². The van der Waals surface area contributed by atoms with Gasteiger partial charge in [-0.1, -0.05) is 0 Å². The van der Waals surface area contributed by atoms with Crippen molar-refractivity contribution in [1.29, 1.82) is 0 Å². The van der Waals surface area contributed by atoms with E-state index in [4.69, 9.17) is 0 Å². The topological polar surface area (TPSA) is 177 Å². The lowest BCUT2D eigenvalue weighted by Crippen LogP contribution is -2.69. The summed E-state index contributed by atoms with van der Waals surface area (Å²) in [5, 5.41) is 33.1. The molecule has 0 aliphatic rings. The lowest BCUT2D eigenvalue weighted by atomic mass is 10.1. The number of carboxylic acid groups (broad SMARTS) is 3. The van der Waals surface area contributed by atoms with Crippen LogP contribution in [0.1, 0.15) is 25.7 Å². The third-order valence-electron chi connectivity index (χ3n) is 2.31. The first-order valence-corrected chi connectivity index (χ1v) is 5.48. The Morgan fingerprint density at radius 2 is 1.42 bits per heavy atom. The molecule has 0 saturated carbocycles. The van der Waals surface area contributed by atoms with Crippen molar-refractivity contribution in [3.63, 3.8) is 0 Å². The highest BCUT2D eigenvalue weighted by Gasteiger charge is 2.21. The fourth-order valence-corrected chi connectivity index (χ4v) is 1.22. The minimum Gasteiger partial charge on any atom is -0.550 e. The maximum Gasteiger partial charge on any atom is 0.278 e. The predicted octanol–water partition coefficient (Wildman–Crippen LogP) is -6.11. The van der Waals surface area contributed by atoms with Gasteiger partial charge in [-0.15, -0.1) is 0 Å². The smallest absolute Gasteiger partial charge is 0.278 e. The summed E-state index contributed by atoms with van der Waals surface area (Å²) >= 11 is 0. The van der Waals surface area contributed by atoms with Gasteiger partial charge in [0.15, 0.2) is 6.04 Å². The van der Waals surface area contributed by atoms with Crippen molar-refractivity contribution in [2.75, 3.05) is 0 Å². The summed E-state index contributed by atoms with van der Waals surface area (Å²) in [5.41, 5.74) is 3.37. The number of carbonyl (C=O) groups is 4. The maximum absolute atomic E-state index is 11.5. The van der Waals surface area contributed by atoms with Gasteiger partial charge in [0.25, 0.3) is 5.91 Å². The fourth-order valence-electron chi connectivity index (χ4n) is 1.22. The molecule has 0 aliphatic heterocycles. The molecule has 9 nitrogen and oxygen atoms in total. The molecule has 0 rings (SSSR count). The van der Waals surface area contributed by atoms with Crippen LogP contribution < -0.4 is 26.4 Å². The van der Waals surface area contributed by atoms with Gasteiger partial charge in [0.05, 0.1) is 12.0 Å². The third-order valence-corrected chi connectivity index (χ3v) is 2.31. The van der Waals surface area contributed by atoms with Gasteiger partial charge in [0, 0.05) is 18.4 Å². The Labute approximate surface area is 108 Å². The number of amides is 1. The van der Waals surface area contributed by atoms with Gasteiger partial charge >= 0.3 is 0 Å². The lowest BCUT2D eigenvalue weighted by molar-refractivity contribution is -0.406. The van der Waals surface area contributed by atoms with E-state index in [2.05, 4.69) is 5.73 Å². The van der Waals surface area contributed by atoms with Crippen molar-refractivity contribution < 1.29 is 40.2 Å². The van der Waals surface area contributed by atoms with Gasteiger partial charge in [-0.2, -0.15) is 0 Å². The molecule has 2 atom stereocenters. The normalized spacial score (nSPS) is 13.3. The Bertz CT molecular complexity index is 369. The van der Waals surface area contributed by atoms with E-state index >= 15 is 0 Å². The molecule has 0 radical (unpaired) electrons. The Hall–Kier alpha value is -2.16. The van der Waals surface area contributed by atoms with E-state index in [1.54, 1.807) is 0 Å². The molecule has 0 saturated heterocycles. The standard InChI is InChI=1S/C10H16N2O7/c11-5(1-3-7(13)14)9(17)12-6(10(18)19)2-4-8(15)16/h5-6H,1-4,11H2,(H,12,17)(H,13,14)(H,15,16)(H,18,19)/p-2/t5-,6-/m1/s1. The summed E-state index contributed by atoms with van der Waals surface area (Å²) < 4.78 is 0. The second-order valence-electron chi connectivity index (χ2n) is 3.90. The molecule has 0 aromatic carbocycles. The molecule has 0 heterocycles. The van der Waals surface area contributed by atoms with Crippen molar-refractivity contribution in [2.45, 2.75) is 37.8 Å². The minimum absolute atomic E-state index is 0.117. The summed E-state index contributed by atoms with van der Waals surface area (Å²) in [7, 11) is 0. The zero-order valence-corrected chi connectivity index (χ0v) is 10.0. The van der Waals surface area contributed by atoms with Crippen LogP contribution in [0.5, 0.6) is 0 Å². The Balaban J connectivity index is 4.33. The number of carbonyl (C=O) groups excluding carboxylic acids is 4. The highest BCUT2D eigenvalue weighted by Crippen LogP contribution is 1.98. The number of hydrogen-bond acceptors (Lipinski definition) is 7. The molecule has 19 heavy (non-hydrogen) atoms. The number of aliphatic carboxylic acids is 3. The Morgan fingerprint density at radius 3 is 1.84 bits per heavy atom. The average molecular weight is 274 g/mol. The van der Waals surface area contributed by atoms with Gasteiger partial charge in [-0.3, -0.25) is 4.79 Å². The molecule has 108 valence electrons. The van der Waals surface area contributed by atoms with E-state index in [-0.39, 0.29) is 12.8 Å². The number of nitrogens with one attached hydrogen (secondary N) is 1. The predicted molar refractivity (Wildman–Crippen MR) is 52.1 cm³/mol. The molecule has 4 N–H and O–H groups in total. The molecule has 0 aliphatic carbocycles. The van der Waals surface area contributed by atoms with Gasteiger partial charge in [-0.25, -0.2) is 0 Å². The van der Waals surface area contributed by atoms with Crippen LogP contribution in [-0.4, -0.2) is 35.9 Å². The number of carboxylic acids is 3. The summed E-state index contributed by atoms with van der Waals surface area (Å²) in [6.07, 6.45) is -1.45. The molecule has 9 heteroatoms. The quantitative estimate of drug-likeness (QED) is 0.420. The van der Waals surface area contributed by atoms with E-state index in [0.29, 0.717) is 0 Å². The monoisotopic (exact) mass is 274 g/mol. The molecule has 0 fully saturated rings. The van der Waals surface area contributed by atoms with Crippen molar-refractivity contribution in [3.05, 3.63) is 0 Å². The fraction of sp³-hybridized carbons (Fsp3) is 0.600. The summed E-state index contributed by atoms with van der Waals surface area (Å²) in [6, 6.07) is -2.47. The van der Waals surface area contributed by atoms with Crippen LogP contribution in [-0.2, 0) is 19.2 Å². The molecule has 0 bridgehead atoms. The van der Waals surface area contributed by atoms with Crippen LogP contribution in [0.15, 0.2) is 0 Å². The minimum atomic E-state index is -1.64.